The van der Waals surface area contributed by atoms with Crippen molar-refractivity contribution in [2.24, 2.45) is 14.1 Å². The lowest BCUT2D eigenvalue weighted by atomic mass is 10.2. The highest BCUT2D eigenvalue weighted by molar-refractivity contribution is 6.35. The lowest BCUT2D eigenvalue weighted by Crippen LogP contribution is -2.27. The number of hydrogen-bond acceptors (Lipinski definition) is 37. The highest BCUT2D eigenvalue weighted by atomic mass is 35.5. The molecule has 11 heterocycles. The highest BCUT2D eigenvalue weighted by Gasteiger charge is 2.31. The molecule has 11 aromatic rings. The minimum absolute atomic E-state index is 0.00556. The van der Waals surface area contributed by atoms with Crippen LogP contribution in [0.25, 0.3) is 22.3 Å². The molecule has 678 valence electrons. The molecule has 11 aromatic heterocycles. The molecule has 52 heteroatoms. The number of halogens is 5. The van der Waals surface area contributed by atoms with E-state index < -0.39 is 88.7 Å². The predicted octanol–water partition coefficient (Wildman–Crippen LogP) is 17.9. The van der Waals surface area contributed by atoms with Crippen molar-refractivity contribution in [1.29, 1.82) is 15.8 Å². The number of nitrogens with one attached hydrogen (secondary N) is 6. The number of carbonyl (C=O) groups is 4. The van der Waals surface area contributed by atoms with E-state index in [1.54, 1.807) is 150 Å². The Bertz CT molecular complexity index is 6230. The molecule has 129 heavy (non-hydrogen) atoms. The number of nitro groups is 4. The average molecular weight is 1880 g/mol. The van der Waals surface area contributed by atoms with Gasteiger partial charge in [-0.25, -0.2) is 59.0 Å². The Balaban J connectivity index is 0.000000243. The van der Waals surface area contributed by atoms with Gasteiger partial charge in [-0.2, -0.15) is 30.7 Å². The second-order valence-corrected chi connectivity index (χ2v) is 31.9. The maximum absolute atomic E-state index is 12.2. The van der Waals surface area contributed by atoms with Gasteiger partial charge in [0.25, 0.3) is 0 Å². The summed E-state index contributed by atoms with van der Waals surface area (Å²) in [5.74, 6) is 1.70. The van der Waals surface area contributed by atoms with Gasteiger partial charge < -0.3 is 64.4 Å². The van der Waals surface area contributed by atoms with Crippen LogP contribution in [0.15, 0.2) is 85.8 Å². The minimum atomic E-state index is -0.865. The molecule has 10 N–H and O–H groups in total. The summed E-state index contributed by atoms with van der Waals surface area (Å²) in [6, 6.07) is 18.6. The predicted molar refractivity (Wildman–Crippen MR) is 474 cm³/mol. The molecule has 47 nitrogen and oxygen atoms in total. The van der Waals surface area contributed by atoms with Crippen molar-refractivity contribution < 1.29 is 72.0 Å². The van der Waals surface area contributed by atoms with Crippen LogP contribution in [0, 0.1) is 95.2 Å². The summed E-state index contributed by atoms with van der Waals surface area (Å²) in [7, 11) is 6.53. The number of nitrogens with zero attached hydrogens (tertiary/aromatic N) is 20. The van der Waals surface area contributed by atoms with Gasteiger partial charge in [-0.1, -0.05) is 58.0 Å². The van der Waals surface area contributed by atoms with Crippen molar-refractivity contribution in [3.63, 3.8) is 0 Å². The van der Waals surface area contributed by atoms with Crippen LogP contribution in [0.2, 0.25) is 25.8 Å². The third kappa shape index (κ3) is 30.7. The number of anilines is 8. The quantitative estimate of drug-likeness (QED) is 0.0193. The number of nitrogens with two attached hydrogens (primary N) is 2. The van der Waals surface area contributed by atoms with Gasteiger partial charge in [0.1, 0.15) is 107 Å². The number of carbonyl (C=O) groups excluding carboxylic acids is 4. The number of aromatic nitrogens is 13. The van der Waals surface area contributed by atoms with E-state index in [2.05, 4.69) is 86.7 Å². The van der Waals surface area contributed by atoms with Gasteiger partial charge >= 0.3 is 47.1 Å². The second kappa shape index (κ2) is 43.9. The Hall–Kier alpha value is -15.5. The lowest BCUT2D eigenvalue weighted by Gasteiger charge is -2.20. The number of pyridine rings is 9. The first-order valence-corrected chi connectivity index (χ1v) is 38.6. The third-order valence-corrected chi connectivity index (χ3v) is 16.1. The van der Waals surface area contributed by atoms with Crippen molar-refractivity contribution >= 4 is 173 Å². The molecule has 0 unspecified atom stereocenters. The van der Waals surface area contributed by atoms with E-state index in [1.807, 2.05) is 32.2 Å². The summed E-state index contributed by atoms with van der Waals surface area (Å²) in [6.45, 7) is 25.7. The Kier molecular flexibility index (Phi) is 34.8. The van der Waals surface area contributed by atoms with Crippen LogP contribution in [-0.4, -0.2) is 145 Å². The van der Waals surface area contributed by atoms with Crippen molar-refractivity contribution in [2.75, 3.05) is 57.5 Å². The summed E-state index contributed by atoms with van der Waals surface area (Å²) < 4.78 is 41.2. The van der Waals surface area contributed by atoms with E-state index in [4.69, 9.17) is 118 Å². The van der Waals surface area contributed by atoms with E-state index in [9.17, 15) is 59.6 Å². The number of amides is 4. The second-order valence-electron chi connectivity index (χ2n) is 30.0. The molecule has 0 atom stereocenters. The van der Waals surface area contributed by atoms with E-state index in [-0.39, 0.29) is 78.1 Å². The van der Waals surface area contributed by atoms with Gasteiger partial charge in [-0.05, 0) is 139 Å². The molecular weight excluding hydrogens is 1800 g/mol. The molecule has 4 amide bonds. The number of fused-ring (bicyclic) bond motifs is 2. The Morgan fingerprint density at radius 2 is 0.705 bits per heavy atom. The Labute approximate surface area is 757 Å². The SMILES string of the molecule is CC(C)(C)OC(=O)Nc1cc(Cl)nc(Cl)c1[N+](=O)[O-].CNc1nc(Cl)cc(NC(=O)OC(C)(C)C)c1[N+](=O)[O-].CNc1nc(Oc2cnc(C#N)cc2C)cc(NC(=O)OC(C)(C)C)c1[N+](=O)[O-].Cc1cc(C#N)ncc1Oc1cc(N)c2ncn(C)c2n1.Cc1cc(C#N)ncc1Oc1cc(NC(=O)OC(C)(C)C)c2ncn(C)c2n1.Nc1cc(Cl)nc(Cl)c1[N+](=O)[O-]. The molecule has 0 fully saturated rings. The van der Waals surface area contributed by atoms with E-state index in [0.717, 1.165) is 17.2 Å². The Morgan fingerprint density at radius 3 is 1.05 bits per heavy atom. The molecule has 11 rings (SSSR count). The smallest absolute Gasteiger partial charge is 0.412 e. The van der Waals surface area contributed by atoms with E-state index in [0.29, 0.717) is 73.8 Å². The van der Waals surface area contributed by atoms with Crippen LogP contribution in [0.5, 0.6) is 34.9 Å². The van der Waals surface area contributed by atoms with Crippen molar-refractivity contribution in [3.8, 4) is 53.1 Å². The average Bonchev–Trinajstić information content (AvgIpc) is 1.78. The Morgan fingerprint density at radius 1 is 0.403 bits per heavy atom. The summed E-state index contributed by atoms with van der Waals surface area (Å²) in [6.07, 6.45) is 4.41. The number of rotatable bonds is 16. The zero-order chi connectivity index (χ0) is 96.8. The van der Waals surface area contributed by atoms with Gasteiger partial charge in [0.2, 0.25) is 39.6 Å². The maximum Gasteiger partial charge on any atom is 0.412 e. The third-order valence-electron chi connectivity index (χ3n) is 15.0. The first-order valence-electron chi connectivity index (χ1n) is 36.7. The first kappa shape index (κ1) is 102. The molecule has 0 radical (unpaired) electrons. The highest BCUT2D eigenvalue weighted by Crippen LogP contribution is 2.40. The fraction of sp³-hybridized carbons (Fsp3) is 0.299. The van der Waals surface area contributed by atoms with Crippen LogP contribution in [0.3, 0.4) is 0 Å². The number of aryl methyl sites for hydroxylation is 5. The zero-order valence-electron chi connectivity index (χ0n) is 71.8. The maximum atomic E-state index is 12.2. The molecule has 0 aliphatic rings. The van der Waals surface area contributed by atoms with Crippen LogP contribution in [-0.2, 0) is 33.0 Å². The molecular formula is C77H81Cl5N28O19. The van der Waals surface area contributed by atoms with E-state index >= 15 is 0 Å². The molecule has 0 bridgehead atoms. The summed E-state index contributed by atoms with van der Waals surface area (Å²) >= 11 is 27.8. The molecule has 0 aliphatic heterocycles. The summed E-state index contributed by atoms with van der Waals surface area (Å²) in [5, 5.41) is 84.4. The summed E-state index contributed by atoms with van der Waals surface area (Å²) in [5.41, 5.74) is 12.3. The van der Waals surface area contributed by atoms with Crippen LogP contribution >= 0.6 is 58.0 Å². The molecule has 0 saturated carbocycles. The topological polar surface area (TPSA) is 653 Å². The number of nitrogen functional groups attached to an aromatic ring is 2. The summed E-state index contributed by atoms with van der Waals surface area (Å²) in [4.78, 5) is 133. The largest absolute Gasteiger partial charge is 0.444 e. The van der Waals surface area contributed by atoms with E-state index in [1.165, 1.54) is 57.0 Å². The fourth-order valence-corrected chi connectivity index (χ4v) is 11.1. The van der Waals surface area contributed by atoms with Crippen molar-refractivity contribution in [3.05, 3.63) is 186 Å². The molecule has 0 saturated heterocycles. The number of ether oxygens (including phenoxy) is 7. The van der Waals surface area contributed by atoms with Crippen molar-refractivity contribution in [2.45, 2.75) is 126 Å². The minimum Gasteiger partial charge on any atom is -0.444 e. The first-order chi connectivity index (χ1) is 60.0. The number of imidazole rings is 2. The molecule has 0 spiro atoms. The van der Waals surface area contributed by atoms with Gasteiger partial charge in [0.05, 0.1) is 62.3 Å². The fourth-order valence-electron chi connectivity index (χ4n) is 9.90. The van der Waals surface area contributed by atoms with Crippen LogP contribution < -0.4 is 57.6 Å². The molecule has 0 aliphatic carbocycles. The monoisotopic (exact) mass is 1880 g/mol. The number of hydrogen-bond donors (Lipinski definition) is 8. The van der Waals surface area contributed by atoms with Gasteiger partial charge in [0.15, 0.2) is 28.5 Å². The van der Waals surface area contributed by atoms with Crippen molar-refractivity contribution in [1.82, 2.24) is 64.0 Å². The van der Waals surface area contributed by atoms with Crippen LogP contribution in [0.1, 0.15) is 117 Å². The number of nitriles is 3. The normalized spacial score (nSPS) is 10.7. The standard InChI is InChI=1S/C19H20N6O3.C18H20N6O5.C14H12N6O.C11H15ClN4O4.C10H11Cl2N3O4.C5H3Cl2N3O2/c1-11-6-12(8-20)21-9-14(11)27-15-7-13(23-18(26)28-19(2,3)4)16-17(24-15)25(5)10-22-16;1-10-6-11(8-19)21-9-13(10)28-14-7-12(22-17(25)29-18(2,3)4)15(24(26)27)16(20-5)23-14;1-8-3-9(5-15)17-6-11(8)21-12-4-10(16)13-14(19-12)20(2)7-18-13;1-11(2,3)20-10(17)14-6-5-7(12)15-9(13-4)8(6)16(18)19;1-10(2,3)19-9(16)13-5-4-6(11)14-8(12)7(5)15(17)18;6-3-1-2(8)4(10(11)12)5(7)9-3/h6-7,9-10H,1-5H3,(H,23,24,26);6-7,9H,1-5H3,(H2,20,22,23,25);3-4,6-7H,1-2H3,(H2,16,19);5H,1-4H3,(H2,13,14,15,17);4H,1-3H3,(H,13,14,16);1H,(H2,8,9). The lowest BCUT2D eigenvalue weighted by molar-refractivity contribution is -0.384. The van der Waals surface area contributed by atoms with Gasteiger partial charge in [-0.15, -0.1) is 0 Å². The zero-order valence-corrected chi connectivity index (χ0v) is 75.6. The van der Waals surface area contributed by atoms with Gasteiger partial charge in [0, 0.05) is 64.6 Å². The van der Waals surface area contributed by atoms with Crippen LogP contribution in [0.4, 0.5) is 87.7 Å². The molecule has 0 aromatic carbocycles. The van der Waals surface area contributed by atoms with Gasteiger partial charge in [-0.3, -0.25) is 61.7 Å².